The number of carbonyl (C=O) groups is 1. The summed E-state index contributed by atoms with van der Waals surface area (Å²) in [5.41, 5.74) is 1.17. The summed E-state index contributed by atoms with van der Waals surface area (Å²) < 4.78 is 7.62. The van der Waals surface area contributed by atoms with E-state index in [0.29, 0.717) is 19.6 Å². The Labute approximate surface area is 108 Å². The first-order chi connectivity index (χ1) is 8.60. The number of ether oxygens (including phenoxy) is 1. The molecule has 100 valence electrons. The van der Waals surface area contributed by atoms with Gasteiger partial charge < -0.3 is 19.1 Å². The van der Waals surface area contributed by atoms with E-state index in [0.717, 1.165) is 6.54 Å². The Kier molecular flexibility index (Phi) is 4.04. The molecule has 5 nitrogen and oxygen atoms in total. The standard InChI is InChI=1S/C13H21N3O2/c1-14(2)10-13(17)16-7-11-5-4-6-15(11)8-12(9-16)18-3/h4-6,12H,7-10H2,1-3H3. The summed E-state index contributed by atoms with van der Waals surface area (Å²) in [5.74, 6) is 0.150. The lowest BCUT2D eigenvalue weighted by atomic mass is 10.3. The highest BCUT2D eigenvalue weighted by Gasteiger charge is 2.24. The molecule has 5 heteroatoms. The van der Waals surface area contributed by atoms with Gasteiger partial charge in [0.05, 0.1) is 25.7 Å². The van der Waals surface area contributed by atoms with Gasteiger partial charge in [-0.1, -0.05) is 0 Å². The number of amides is 1. The fourth-order valence-electron chi connectivity index (χ4n) is 2.26. The van der Waals surface area contributed by atoms with E-state index in [4.69, 9.17) is 4.74 Å². The first kappa shape index (κ1) is 13.1. The molecule has 0 aromatic carbocycles. The van der Waals surface area contributed by atoms with Gasteiger partial charge in [0, 0.05) is 25.5 Å². The van der Waals surface area contributed by atoms with Gasteiger partial charge in [-0.25, -0.2) is 0 Å². The second kappa shape index (κ2) is 5.54. The number of carbonyl (C=O) groups excluding carboxylic acids is 1. The Morgan fingerprint density at radius 1 is 1.50 bits per heavy atom. The first-order valence-electron chi connectivity index (χ1n) is 6.19. The number of fused-ring (bicyclic) bond motifs is 1. The van der Waals surface area contributed by atoms with Crippen molar-refractivity contribution >= 4 is 5.91 Å². The number of likely N-dealkylation sites (N-methyl/N-ethyl adjacent to an activating group) is 1. The maximum absolute atomic E-state index is 12.2. The molecule has 0 radical (unpaired) electrons. The van der Waals surface area contributed by atoms with Crippen molar-refractivity contribution < 1.29 is 9.53 Å². The van der Waals surface area contributed by atoms with Crippen LogP contribution in [0, 0.1) is 0 Å². The predicted octanol–water partition coefficient (Wildman–Crippen LogP) is 0.407. The second-order valence-corrected chi connectivity index (χ2v) is 5.02. The van der Waals surface area contributed by atoms with Crippen LogP contribution in [0.15, 0.2) is 18.3 Å². The van der Waals surface area contributed by atoms with Crippen LogP contribution in [0.1, 0.15) is 5.69 Å². The topological polar surface area (TPSA) is 37.7 Å². The third kappa shape index (κ3) is 2.91. The Morgan fingerprint density at radius 2 is 2.28 bits per heavy atom. The number of hydrogen-bond donors (Lipinski definition) is 0. The summed E-state index contributed by atoms with van der Waals surface area (Å²) in [6, 6.07) is 4.08. The van der Waals surface area contributed by atoms with Gasteiger partial charge in [0.1, 0.15) is 0 Å². The molecule has 0 fully saturated rings. The Balaban J connectivity index is 2.14. The smallest absolute Gasteiger partial charge is 0.237 e. The van der Waals surface area contributed by atoms with Crippen LogP contribution in [0.3, 0.4) is 0 Å². The van der Waals surface area contributed by atoms with Gasteiger partial charge in [0.25, 0.3) is 0 Å². The van der Waals surface area contributed by atoms with E-state index in [1.807, 2.05) is 36.2 Å². The maximum atomic E-state index is 12.2. The molecule has 0 bridgehead atoms. The quantitative estimate of drug-likeness (QED) is 0.781. The van der Waals surface area contributed by atoms with Gasteiger partial charge >= 0.3 is 0 Å². The van der Waals surface area contributed by atoms with Crippen molar-refractivity contribution in [1.29, 1.82) is 0 Å². The average molecular weight is 251 g/mol. The lowest BCUT2D eigenvalue weighted by molar-refractivity contribution is -0.134. The average Bonchev–Trinajstić information content (AvgIpc) is 2.65. The summed E-state index contributed by atoms with van der Waals surface area (Å²) in [5, 5.41) is 0. The van der Waals surface area contributed by atoms with Crippen molar-refractivity contribution in [1.82, 2.24) is 14.4 Å². The van der Waals surface area contributed by atoms with Crippen LogP contribution < -0.4 is 0 Å². The van der Waals surface area contributed by atoms with Gasteiger partial charge in [-0.3, -0.25) is 4.79 Å². The van der Waals surface area contributed by atoms with Crippen LogP contribution in [0.4, 0.5) is 0 Å². The highest BCUT2D eigenvalue weighted by molar-refractivity contribution is 5.78. The van der Waals surface area contributed by atoms with Crippen LogP contribution in [0.25, 0.3) is 0 Å². The SMILES string of the molecule is COC1CN(C(=O)CN(C)C)Cc2cccn2C1. The molecule has 0 saturated heterocycles. The molecule has 0 saturated carbocycles. The lowest BCUT2D eigenvalue weighted by Crippen LogP contribution is -2.41. The van der Waals surface area contributed by atoms with Crippen molar-refractivity contribution in [2.75, 3.05) is 34.3 Å². The molecule has 1 unspecified atom stereocenters. The zero-order valence-electron chi connectivity index (χ0n) is 11.3. The highest BCUT2D eigenvalue weighted by Crippen LogP contribution is 2.15. The van der Waals surface area contributed by atoms with E-state index in [1.165, 1.54) is 5.69 Å². The van der Waals surface area contributed by atoms with Gasteiger partial charge in [0.2, 0.25) is 5.91 Å². The van der Waals surface area contributed by atoms with Crippen LogP contribution in [-0.2, 0) is 22.6 Å². The van der Waals surface area contributed by atoms with Crippen molar-refractivity contribution in [3.8, 4) is 0 Å². The third-order valence-electron chi connectivity index (χ3n) is 3.24. The molecular formula is C13H21N3O2. The molecule has 1 atom stereocenters. The third-order valence-corrected chi connectivity index (χ3v) is 3.24. The van der Waals surface area contributed by atoms with E-state index in [2.05, 4.69) is 10.6 Å². The molecule has 2 heterocycles. The van der Waals surface area contributed by atoms with Crippen LogP contribution in [-0.4, -0.2) is 60.7 Å². The normalized spacial score (nSPS) is 19.8. The maximum Gasteiger partial charge on any atom is 0.237 e. The molecule has 0 spiro atoms. The number of aromatic nitrogens is 1. The highest BCUT2D eigenvalue weighted by atomic mass is 16.5. The van der Waals surface area contributed by atoms with Gasteiger partial charge in [-0.2, -0.15) is 0 Å². The number of rotatable bonds is 3. The summed E-state index contributed by atoms with van der Waals surface area (Å²) in [6.07, 6.45) is 2.10. The fourth-order valence-corrected chi connectivity index (χ4v) is 2.26. The van der Waals surface area contributed by atoms with E-state index >= 15 is 0 Å². The number of nitrogens with zero attached hydrogens (tertiary/aromatic N) is 3. The van der Waals surface area contributed by atoms with Crippen molar-refractivity contribution in [3.63, 3.8) is 0 Å². The Bertz CT molecular complexity index is 414. The van der Waals surface area contributed by atoms with Crippen LogP contribution >= 0.6 is 0 Å². The molecule has 2 rings (SSSR count). The fraction of sp³-hybridized carbons (Fsp3) is 0.615. The van der Waals surface area contributed by atoms with Crippen molar-refractivity contribution in [2.24, 2.45) is 0 Å². The molecule has 1 aromatic heterocycles. The molecule has 1 amide bonds. The summed E-state index contributed by atoms with van der Waals surface area (Å²) in [6.45, 7) is 2.58. The van der Waals surface area contributed by atoms with E-state index in [1.54, 1.807) is 7.11 Å². The summed E-state index contributed by atoms with van der Waals surface area (Å²) in [4.78, 5) is 16.0. The van der Waals surface area contributed by atoms with Crippen molar-refractivity contribution in [2.45, 2.75) is 19.2 Å². The largest absolute Gasteiger partial charge is 0.378 e. The van der Waals surface area contributed by atoms with Crippen LogP contribution in [0.5, 0.6) is 0 Å². The minimum atomic E-state index is 0.0600. The summed E-state index contributed by atoms with van der Waals surface area (Å²) in [7, 11) is 5.52. The monoisotopic (exact) mass is 251 g/mol. The first-order valence-corrected chi connectivity index (χ1v) is 6.19. The van der Waals surface area contributed by atoms with E-state index in [-0.39, 0.29) is 12.0 Å². The van der Waals surface area contributed by atoms with Crippen molar-refractivity contribution in [3.05, 3.63) is 24.0 Å². The second-order valence-electron chi connectivity index (χ2n) is 5.02. The van der Waals surface area contributed by atoms with E-state index in [9.17, 15) is 4.79 Å². The number of hydrogen-bond acceptors (Lipinski definition) is 3. The Morgan fingerprint density at radius 3 is 2.94 bits per heavy atom. The lowest BCUT2D eigenvalue weighted by Gasteiger charge is -2.24. The molecular weight excluding hydrogens is 230 g/mol. The summed E-state index contributed by atoms with van der Waals surface area (Å²) >= 11 is 0. The molecule has 18 heavy (non-hydrogen) atoms. The molecule has 0 N–H and O–H groups in total. The Hall–Kier alpha value is -1.33. The molecule has 1 aliphatic rings. The zero-order valence-corrected chi connectivity index (χ0v) is 11.3. The predicted molar refractivity (Wildman–Crippen MR) is 69.2 cm³/mol. The van der Waals surface area contributed by atoms with Gasteiger partial charge in [-0.15, -0.1) is 0 Å². The zero-order chi connectivity index (χ0) is 13.1. The van der Waals surface area contributed by atoms with Gasteiger partial charge in [-0.05, 0) is 26.2 Å². The molecule has 1 aromatic rings. The number of methoxy groups -OCH3 is 1. The van der Waals surface area contributed by atoms with Crippen LogP contribution in [0.2, 0.25) is 0 Å². The van der Waals surface area contributed by atoms with E-state index < -0.39 is 0 Å². The minimum Gasteiger partial charge on any atom is -0.378 e. The molecule has 0 aliphatic carbocycles. The molecule has 1 aliphatic heterocycles. The minimum absolute atomic E-state index is 0.0600. The van der Waals surface area contributed by atoms with Gasteiger partial charge in [0.15, 0.2) is 0 Å².